The molecular formula is C23H21ClN2O5. The van der Waals surface area contributed by atoms with Gasteiger partial charge in [-0.05, 0) is 61.0 Å². The molecule has 0 saturated carbocycles. The third kappa shape index (κ3) is 5.73. The molecule has 1 amide bonds. The molecule has 7 nitrogen and oxygen atoms in total. The van der Waals surface area contributed by atoms with Gasteiger partial charge in [0.2, 0.25) is 0 Å². The van der Waals surface area contributed by atoms with Crippen LogP contribution in [0.1, 0.15) is 39.8 Å². The molecule has 8 heteroatoms. The maximum absolute atomic E-state index is 12.2. The van der Waals surface area contributed by atoms with Crippen LogP contribution in [0.2, 0.25) is 5.02 Å². The van der Waals surface area contributed by atoms with Crippen LogP contribution in [0, 0.1) is 0 Å². The Balaban J connectivity index is 1.63. The number of amides is 1. The number of rotatable bonds is 8. The normalized spacial score (nSPS) is 10.8. The van der Waals surface area contributed by atoms with Crippen molar-refractivity contribution >= 4 is 29.7 Å². The van der Waals surface area contributed by atoms with E-state index in [1.54, 1.807) is 54.6 Å². The molecule has 1 heterocycles. The first-order valence-electron chi connectivity index (χ1n) is 9.56. The van der Waals surface area contributed by atoms with Gasteiger partial charge >= 0.3 is 5.97 Å². The van der Waals surface area contributed by atoms with E-state index in [1.807, 2.05) is 6.92 Å². The third-order valence-electron chi connectivity index (χ3n) is 4.23. The Morgan fingerprint density at radius 1 is 1.13 bits per heavy atom. The second-order valence-corrected chi connectivity index (χ2v) is 6.87. The quantitative estimate of drug-likeness (QED) is 0.304. The van der Waals surface area contributed by atoms with Crippen LogP contribution >= 0.6 is 11.6 Å². The number of hydrazone groups is 1. The lowest BCUT2D eigenvalue weighted by Crippen LogP contribution is -2.17. The number of benzene rings is 2. The predicted molar refractivity (Wildman–Crippen MR) is 118 cm³/mol. The van der Waals surface area contributed by atoms with Crippen LogP contribution in [0.4, 0.5) is 0 Å². The lowest BCUT2D eigenvalue weighted by Gasteiger charge is -2.05. The SMILES string of the molecule is CCCOc1ccc(C(=O)N/N=C/c2ccc(-c3ccc(Cl)c(C(=O)OC)c3)o2)cc1. The van der Waals surface area contributed by atoms with E-state index in [1.165, 1.54) is 13.3 Å². The lowest BCUT2D eigenvalue weighted by atomic mass is 10.1. The standard InChI is InChI=1S/C23H21ClN2O5/c1-3-12-30-17-7-4-15(5-8-17)22(27)26-25-14-18-9-11-21(31-18)16-6-10-20(24)19(13-16)23(28)29-2/h4-11,13-14H,3,12H2,1-2H3,(H,26,27)/b25-14+. The number of carbonyl (C=O) groups is 2. The van der Waals surface area contributed by atoms with Gasteiger partial charge in [-0.25, -0.2) is 10.2 Å². The summed E-state index contributed by atoms with van der Waals surface area (Å²) in [6.07, 6.45) is 2.30. The summed E-state index contributed by atoms with van der Waals surface area (Å²) < 4.78 is 15.9. The predicted octanol–water partition coefficient (Wildman–Crippen LogP) is 4.94. The van der Waals surface area contributed by atoms with Crippen molar-refractivity contribution in [1.82, 2.24) is 5.43 Å². The molecule has 0 saturated heterocycles. The molecule has 1 N–H and O–H groups in total. The molecule has 0 radical (unpaired) electrons. The Hall–Kier alpha value is -3.58. The van der Waals surface area contributed by atoms with Crippen molar-refractivity contribution < 1.29 is 23.5 Å². The highest BCUT2D eigenvalue weighted by Crippen LogP contribution is 2.27. The zero-order chi connectivity index (χ0) is 22.2. The summed E-state index contributed by atoms with van der Waals surface area (Å²) in [5.41, 5.74) is 3.80. The van der Waals surface area contributed by atoms with Gasteiger partial charge in [-0.15, -0.1) is 0 Å². The number of hydrogen-bond acceptors (Lipinski definition) is 6. The van der Waals surface area contributed by atoms with Gasteiger partial charge in [0.15, 0.2) is 0 Å². The number of nitrogens with zero attached hydrogens (tertiary/aromatic N) is 1. The lowest BCUT2D eigenvalue weighted by molar-refractivity contribution is 0.0601. The first kappa shape index (κ1) is 22.1. The summed E-state index contributed by atoms with van der Waals surface area (Å²) in [6, 6.07) is 15.1. The number of methoxy groups -OCH3 is 1. The fraction of sp³-hybridized carbons (Fsp3) is 0.174. The second kappa shape index (κ2) is 10.4. The molecule has 0 aliphatic rings. The fourth-order valence-electron chi connectivity index (χ4n) is 2.66. The first-order valence-corrected chi connectivity index (χ1v) is 9.94. The number of hydrogen-bond donors (Lipinski definition) is 1. The van der Waals surface area contributed by atoms with Gasteiger partial charge in [0.05, 0.1) is 30.5 Å². The van der Waals surface area contributed by atoms with E-state index in [0.717, 1.165) is 6.42 Å². The van der Waals surface area contributed by atoms with E-state index in [2.05, 4.69) is 10.5 Å². The molecule has 0 fully saturated rings. The van der Waals surface area contributed by atoms with Crippen LogP contribution in [-0.4, -0.2) is 31.8 Å². The number of esters is 1. The van der Waals surface area contributed by atoms with Gasteiger partial charge in [0, 0.05) is 11.1 Å². The minimum absolute atomic E-state index is 0.242. The second-order valence-electron chi connectivity index (χ2n) is 6.46. The Morgan fingerprint density at radius 3 is 2.61 bits per heavy atom. The Bertz CT molecular complexity index is 1090. The molecule has 31 heavy (non-hydrogen) atoms. The highest BCUT2D eigenvalue weighted by molar-refractivity contribution is 6.33. The molecule has 3 aromatic rings. The Morgan fingerprint density at radius 2 is 1.90 bits per heavy atom. The van der Waals surface area contributed by atoms with Gasteiger partial charge < -0.3 is 13.9 Å². The average molecular weight is 441 g/mol. The van der Waals surface area contributed by atoms with E-state index in [9.17, 15) is 9.59 Å². The minimum atomic E-state index is -0.534. The highest BCUT2D eigenvalue weighted by Gasteiger charge is 2.13. The van der Waals surface area contributed by atoms with Crippen molar-refractivity contribution in [2.24, 2.45) is 5.10 Å². The zero-order valence-electron chi connectivity index (χ0n) is 17.1. The summed E-state index contributed by atoms with van der Waals surface area (Å²) in [5, 5.41) is 4.21. The Kier molecular flexibility index (Phi) is 7.45. The van der Waals surface area contributed by atoms with Crippen molar-refractivity contribution in [2.75, 3.05) is 13.7 Å². The van der Waals surface area contributed by atoms with Crippen LogP contribution in [0.5, 0.6) is 5.75 Å². The molecule has 0 spiro atoms. The summed E-state index contributed by atoms with van der Waals surface area (Å²) in [5.74, 6) is 0.756. The topological polar surface area (TPSA) is 90.1 Å². The zero-order valence-corrected chi connectivity index (χ0v) is 17.8. The van der Waals surface area contributed by atoms with Gasteiger partial charge in [0.25, 0.3) is 5.91 Å². The number of furan rings is 1. The fourth-order valence-corrected chi connectivity index (χ4v) is 2.86. The van der Waals surface area contributed by atoms with Crippen LogP contribution in [0.25, 0.3) is 11.3 Å². The molecule has 160 valence electrons. The summed E-state index contributed by atoms with van der Waals surface area (Å²) in [4.78, 5) is 24.0. The van der Waals surface area contributed by atoms with Crippen molar-refractivity contribution in [3.05, 3.63) is 76.5 Å². The monoisotopic (exact) mass is 440 g/mol. The van der Waals surface area contributed by atoms with E-state index >= 15 is 0 Å². The number of halogens is 1. The summed E-state index contributed by atoms with van der Waals surface area (Å²) >= 11 is 6.04. The smallest absolute Gasteiger partial charge is 0.339 e. The highest BCUT2D eigenvalue weighted by atomic mass is 35.5. The van der Waals surface area contributed by atoms with E-state index in [4.69, 9.17) is 25.5 Å². The van der Waals surface area contributed by atoms with Crippen molar-refractivity contribution in [3.63, 3.8) is 0 Å². The van der Waals surface area contributed by atoms with Crippen LogP contribution in [0.15, 0.2) is 64.1 Å². The van der Waals surface area contributed by atoms with Gasteiger partial charge in [-0.1, -0.05) is 18.5 Å². The summed E-state index contributed by atoms with van der Waals surface area (Å²) in [6.45, 7) is 2.65. The molecule has 0 unspecified atom stereocenters. The van der Waals surface area contributed by atoms with Crippen molar-refractivity contribution in [1.29, 1.82) is 0 Å². The molecule has 0 aliphatic heterocycles. The number of ether oxygens (including phenoxy) is 2. The molecule has 0 aliphatic carbocycles. The molecule has 0 atom stereocenters. The summed E-state index contributed by atoms with van der Waals surface area (Å²) in [7, 11) is 1.29. The van der Waals surface area contributed by atoms with Gasteiger partial charge in [-0.3, -0.25) is 4.79 Å². The van der Waals surface area contributed by atoms with E-state index in [0.29, 0.717) is 35.0 Å². The molecule has 0 bridgehead atoms. The van der Waals surface area contributed by atoms with Crippen molar-refractivity contribution in [3.8, 4) is 17.1 Å². The minimum Gasteiger partial charge on any atom is -0.494 e. The Labute approximate surface area is 184 Å². The van der Waals surface area contributed by atoms with Gasteiger partial charge in [0.1, 0.15) is 17.3 Å². The average Bonchev–Trinajstić information content (AvgIpc) is 3.26. The van der Waals surface area contributed by atoms with Crippen LogP contribution in [0.3, 0.4) is 0 Å². The van der Waals surface area contributed by atoms with E-state index < -0.39 is 5.97 Å². The molecule has 3 rings (SSSR count). The van der Waals surface area contributed by atoms with E-state index in [-0.39, 0.29) is 16.5 Å². The number of carbonyl (C=O) groups excluding carboxylic acids is 2. The molecule has 1 aromatic heterocycles. The van der Waals surface area contributed by atoms with Crippen LogP contribution in [-0.2, 0) is 4.74 Å². The molecular weight excluding hydrogens is 420 g/mol. The maximum Gasteiger partial charge on any atom is 0.339 e. The van der Waals surface area contributed by atoms with Crippen molar-refractivity contribution in [2.45, 2.75) is 13.3 Å². The molecule has 2 aromatic carbocycles. The third-order valence-corrected chi connectivity index (χ3v) is 4.56. The van der Waals surface area contributed by atoms with Crippen LogP contribution < -0.4 is 10.2 Å². The van der Waals surface area contributed by atoms with Gasteiger partial charge in [-0.2, -0.15) is 5.10 Å². The largest absolute Gasteiger partial charge is 0.494 e. The maximum atomic E-state index is 12.2. The first-order chi connectivity index (χ1) is 15.0. The number of nitrogens with one attached hydrogen (secondary N) is 1.